The van der Waals surface area contributed by atoms with E-state index in [-0.39, 0.29) is 0 Å². The number of anilines is 1. The molecule has 3 N–H and O–H groups in total. The number of rotatable bonds is 2. The van der Waals surface area contributed by atoms with Gasteiger partial charge in [0.25, 0.3) is 0 Å². The van der Waals surface area contributed by atoms with E-state index in [0.717, 1.165) is 11.3 Å². The first-order valence-corrected chi connectivity index (χ1v) is 6.60. The normalized spacial score (nSPS) is 11.1. The Morgan fingerprint density at radius 1 is 1.18 bits per heavy atom. The van der Waals surface area contributed by atoms with Gasteiger partial charge in [0.1, 0.15) is 5.69 Å². The molecule has 0 spiro atoms. The molecule has 0 radical (unpaired) electrons. The van der Waals surface area contributed by atoms with E-state index in [1.165, 1.54) is 0 Å². The Hall–Kier alpha value is -3.35. The van der Waals surface area contributed by atoms with Gasteiger partial charge < -0.3 is 10.2 Å². The molecule has 7 heteroatoms. The highest BCUT2D eigenvalue weighted by Crippen LogP contribution is 2.22. The molecule has 0 saturated heterocycles. The lowest BCUT2D eigenvalue weighted by atomic mass is 10.1. The fourth-order valence-electron chi connectivity index (χ4n) is 2.29. The zero-order chi connectivity index (χ0) is 15.1. The van der Waals surface area contributed by atoms with E-state index in [4.69, 9.17) is 10.2 Å². The van der Waals surface area contributed by atoms with E-state index in [0.29, 0.717) is 22.5 Å². The molecule has 0 unspecified atom stereocenters. The van der Waals surface area contributed by atoms with E-state index in [1.807, 2.05) is 30.3 Å². The lowest BCUT2D eigenvalue weighted by Gasteiger charge is -2.00. The van der Waals surface area contributed by atoms with E-state index >= 15 is 0 Å². The van der Waals surface area contributed by atoms with Crippen molar-refractivity contribution in [3.8, 4) is 16.9 Å². The van der Waals surface area contributed by atoms with Crippen LogP contribution < -0.4 is 11.5 Å². The summed E-state index contributed by atoms with van der Waals surface area (Å²) in [5, 5.41) is 8.25. The van der Waals surface area contributed by atoms with Gasteiger partial charge in [-0.15, -0.1) is 5.10 Å². The van der Waals surface area contributed by atoms with Gasteiger partial charge in [-0.1, -0.05) is 17.3 Å². The maximum absolute atomic E-state index is 11.2. The number of fused-ring (bicyclic) bond motifs is 1. The lowest BCUT2D eigenvalue weighted by Crippen LogP contribution is -1.95. The second-order valence-corrected chi connectivity index (χ2v) is 4.87. The van der Waals surface area contributed by atoms with Gasteiger partial charge in [0.2, 0.25) is 0 Å². The number of nitrogen functional groups attached to an aromatic ring is 1. The van der Waals surface area contributed by atoms with Crippen molar-refractivity contribution in [1.29, 1.82) is 0 Å². The fraction of sp³-hybridized carbons (Fsp3) is 0. The Balaban J connectivity index is 1.77. The maximum Gasteiger partial charge on any atom is 0.417 e. The molecule has 108 valence electrons. The van der Waals surface area contributed by atoms with Gasteiger partial charge in [0, 0.05) is 11.3 Å². The van der Waals surface area contributed by atoms with Crippen LogP contribution in [0.4, 0.5) is 5.69 Å². The maximum atomic E-state index is 11.2. The first-order chi connectivity index (χ1) is 10.7. The minimum atomic E-state index is -0.476. The number of hydrogen-bond acceptors (Lipinski definition) is 5. The van der Waals surface area contributed by atoms with Crippen molar-refractivity contribution < 1.29 is 4.42 Å². The van der Waals surface area contributed by atoms with Crippen molar-refractivity contribution in [2.45, 2.75) is 0 Å². The summed E-state index contributed by atoms with van der Waals surface area (Å²) in [4.78, 5) is 13.8. The van der Waals surface area contributed by atoms with Gasteiger partial charge >= 0.3 is 5.76 Å². The van der Waals surface area contributed by atoms with Crippen LogP contribution in [-0.2, 0) is 0 Å². The van der Waals surface area contributed by atoms with E-state index in [9.17, 15) is 4.79 Å². The number of aromatic nitrogens is 4. The van der Waals surface area contributed by atoms with Gasteiger partial charge in [-0.05, 0) is 30.3 Å². The van der Waals surface area contributed by atoms with Gasteiger partial charge in [-0.2, -0.15) is 0 Å². The topological polar surface area (TPSA) is 103 Å². The van der Waals surface area contributed by atoms with Crippen LogP contribution in [0.3, 0.4) is 0 Å². The summed E-state index contributed by atoms with van der Waals surface area (Å²) in [6, 6.07) is 12.7. The second-order valence-electron chi connectivity index (χ2n) is 4.87. The molecule has 0 aliphatic carbocycles. The van der Waals surface area contributed by atoms with E-state index in [2.05, 4.69) is 15.3 Å². The summed E-state index contributed by atoms with van der Waals surface area (Å²) < 4.78 is 6.70. The van der Waals surface area contributed by atoms with Crippen LogP contribution in [0.1, 0.15) is 0 Å². The molecule has 0 aliphatic heterocycles. The molecule has 0 saturated carbocycles. The van der Waals surface area contributed by atoms with Crippen molar-refractivity contribution in [2.24, 2.45) is 0 Å². The van der Waals surface area contributed by atoms with Crippen LogP contribution in [-0.4, -0.2) is 20.0 Å². The quantitative estimate of drug-likeness (QED) is 0.550. The number of hydrogen-bond donors (Lipinski definition) is 2. The first kappa shape index (κ1) is 12.4. The third-order valence-corrected chi connectivity index (χ3v) is 3.34. The molecular weight excluding hydrogens is 282 g/mol. The predicted molar refractivity (Wildman–Crippen MR) is 81.6 cm³/mol. The Morgan fingerprint density at radius 2 is 2.09 bits per heavy atom. The Labute approximate surface area is 124 Å². The molecule has 22 heavy (non-hydrogen) atoms. The summed E-state index contributed by atoms with van der Waals surface area (Å²) in [6.07, 6.45) is 1.79. The number of nitrogens with one attached hydrogen (secondary N) is 1. The molecule has 0 aliphatic rings. The average Bonchev–Trinajstić information content (AvgIpc) is 3.11. The van der Waals surface area contributed by atoms with Crippen molar-refractivity contribution >= 4 is 16.8 Å². The zero-order valence-corrected chi connectivity index (χ0v) is 11.4. The van der Waals surface area contributed by atoms with E-state index in [1.54, 1.807) is 23.0 Å². The lowest BCUT2D eigenvalue weighted by molar-refractivity contribution is 0.555. The zero-order valence-electron chi connectivity index (χ0n) is 11.4. The monoisotopic (exact) mass is 293 g/mol. The van der Waals surface area contributed by atoms with Crippen LogP contribution in [0.25, 0.3) is 28.0 Å². The summed E-state index contributed by atoms with van der Waals surface area (Å²) in [5.74, 6) is -0.476. The van der Waals surface area contributed by atoms with Gasteiger partial charge in [-0.3, -0.25) is 4.98 Å². The van der Waals surface area contributed by atoms with Gasteiger partial charge in [-0.25, -0.2) is 9.48 Å². The number of aromatic amines is 1. The third-order valence-electron chi connectivity index (χ3n) is 3.34. The summed E-state index contributed by atoms with van der Waals surface area (Å²) >= 11 is 0. The molecule has 4 rings (SSSR count). The minimum absolute atomic E-state index is 0.476. The van der Waals surface area contributed by atoms with Crippen molar-refractivity contribution in [2.75, 3.05) is 5.73 Å². The highest BCUT2D eigenvalue weighted by molar-refractivity contribution is 5.78. The van der Waals surface area contributed by atoms with Crippen LogP contribution >= 0.6 is 0 Å². The molecule has 0 amide bonds. The molecule has 0 fully saturated rings. The van der Waals surface area contributed by atoms with Crippen LogP contribution in [0.5, 0.6) is 0 Å². The standard InChI is InChI=1S/C15H11N5O2/c16-10-2-1-3-11(7-10)20-8-13(18-19-20)9-4-5-12-14(6-9)22-15(21)17-12/h1-8H,16H2,(H,17,21). The fourth-order valence-corrected chi connectivity index (χ4v) is 2.29. The molecule has 2 aromatic carbocycles. The van der Waals surface area contributed by atoms with Crippen molar-refractivity contribution in [3.63, 3.8) is 0 Å². The van der Waals surface area contributed by atoms with Gasteiger partial charge in [0.15, 0.2) is 5.58 Å². The Kier molecular flexibility index (Phi) is 2.59. The predicted octanol–water partition coefficient (Wildman–Crippen LogP) is 1.95. The molecular formula is C15H11N5O2. The SMILES string of the molecule is Nc1cccc(-n2cc(-c3ccc4[nH]c(=O)oc4c3)nn2)c1. The summed E-state index contributed by atoms with van der Waals surface area (Å²) in [7, 11) is 0. The molecule has 4 aromatic rings. The second kappa shape index (κ2) is 4.59. The third kappa shape index (κ3) is 2.05. The van der Waals surface area contributed by atoms with Crippen LogP contribution in [0.2, 0.25) is 0 Å². The number of nitrogens with zero attached hydrogens (tertiary/aromatic N) is 3. The largest absolute Gasteiger partial charge is 0.417 e. The number of H-pyrrole nitrogens is 1. The first-order valence-electron chi connectivity index (χ1n) is 6.60. The number of oxazole rings is 1. The smallest absolute Gasteiger partial charge is 0.408 e. The van der Waals surface area contributed by atoms with Crippen LogP contribution in [0.15, 0.2) is 57.9 Å². The number of nitrogens with two attached hydrogens (primary N) is 1. The molecule has 0 bridgehead atoms. The average molecular weight is 293 g/mol. The minimum Gasteiger partial charge on any atom is -0.408 e. The number of benzene rings is 2. The van der Waals surface area contributed by atoms with Crippen molar-refractivity contribution in [1.82, 2.24) is 20.0 Å². The van der Waals surface area contributed by atoms with Crippen molar-refractivity contribution in [3.05, 3.63) is 59.2 Å². The molecule has 0 atom stereocenters. The Morgan fingerprint density at radius 3 is 2.95 bits per heavy atom. The Bertz CT molecular complexity index is 1030. The summed E-state index contributed by atoms with van der Waals surface area (Å²) in [5.41, 5.74) is 9.88. The van der Waals surface area contributed by atoms with E-state index < -0.39 is 5.76 Å². The summed E-state index contributed by atoms with van der Waals surface area (Å²) in [6.45, 7) is 0. The molecule has 2 heterocycles. The highest BCUT2D eigenvalue weighted by atomic mass is 16.4. The molecule has 7 nitrogen and oxygen atoms in total. The van der Waals surface area contributed by atoms with Gasteiger partial charge in [0.05, 0.1) is 17.4 Å². The van der Waals surface area contributed by atoms with Crippen LogP contribution in [0, 0.1) is 0 Å². The highest BCUT2D eigenvalue weighted by Gasteiger charge is 2.08. The molecule has 2 aromatic heterocycles.